The summed E-state index contributed by atoms with van der Waals surface area (Å²) in [6.45, 7) is 5.36. The molecule has 1 saturated heterocycles. The monoisotopic (exact) mass is 405 g/mol. The lowest BCUT2D eigenvalue weighted by molar-refractivity contribution is 0.232. The van der Waals surface area contributed by atoms with E-state index in [9.17, 15) is 0 Å². The summed E-state index contributed by atoms with van der Waals surface area (Å²) in [6, 6.07) is 2.12. The molecule has 0 spiro atoms. The van der Waals surface area contributed by atoms with Gasteiger partial charge in [0.15, 0.2) is 5.96 Å². The number of aromatic nitrogens is 1. The lowest BCUT2D eigenvalue weighted by atomic mass is 10.1. The van der Waals surface area contributed by atoms with E-state index in [1.807, 2.05) is 14.1 Å². The van der Waals surface area contributed by atoms with Crippen LogP contribution in [-0.2, 0) is 13.6 Å². The Kier molecular flexibility index (Phi) is 8.75. The maximum absolute atomic E-state index is 4.26. The number of piperidine rings is 1. The number of halogens is 1. The average Bonchev–Trinajstić information content (AvgIpc) is 2.89. The molecular formula is C15H28IN5. The second-order valence-electron chi connectivity index (χ2n) is 5.44. The van der Waals surface area contributed by atoms with Crippen molar-refractivity contribution in [3.8, 4) is 0 Å². The van der Waals surface area contributed by atoms with Crippen molar-refractivity contribution in [1.82, 2.24) is 20.1 Å². The summed E-state index contributed by atoms with van der Waals surface area (Å²) in [5.74, 6) is 0.880. The first-order valence-corrected chi connectivity index (χ1v) is 7.55. The summed E-state index contributed by atoms with van der Waals surface area (Å²) >= 11 is 0. The molecule has 0 atom stereocenters. The van der Waals surface area contributed by atoms with Crippen LogP contribution in [0.15, 0.2) is 23.5 Å². The van der Waals surface area contributed by atoms with Gasteiger partial charge in [0.1, 0.15) is 0 Å². The van der Waals surface area contributed by atoms with Crippen LogP contribution in [-0.4, -0.2) is 48.7 Å². The van der Waals surface area contributed by atoms with E-state index in [0.29, 0.717) is 0 Å². The lowest BCUT2D eigenvalue weighted by Crippen LogP contribution is -2.42. The van der Waals surface area contributed by atoms with E-state index in [-0.39, 0.29) is 24.0 Å². The second-order valence-corrected chi connectivity index (χ2v) is 5.44. The Labute approximate surface area is 145 Å². The number of hydrogen-bond acceptors (Lipinski definition) is 2. The van der Waals surface area contributed by atoms with Crippen molar-refractivity contribution >= 4 is 29.9 Å². The lowest BCUT2D eigenvalue weighted by Gasteiger charge is -2.26. The average molecular weight is 405 g/mol. The van der Waals surface area contributed by atoms with E-state index >= 15 is 0 Å². The number of aliphatic imine (C=N–C) groups is 1. The number of nitrogens with one attached hydrogen (secondary N) is 2. The van der Waals surface area contributed by atoms with E-state index in [2.05, 4.69) is 43.6 Å². The van der Waals surface area contributed by atoms with Crippen molar-refractivity contribution in [2.75, 3.05) is 33.2 Å². The zero-order valence-corrected chi connectivity index (χ0v) is 15.5. The Balaban J connectivity index is 0.00000220. The minimum absolute atomic E-state index is 0. The third-order valence-corrected chi connectivity index (χ3v) is 3.75. The molecule has 2 N–H and O–H groups in total. The van der Waals surface area contributed by atoms with E-state index in [1.165, 1.54) is 37.9 Å². The first-order chi connectivity index (χ1) is 9.78. The smallest absolute Gasteiger partial charge is 0.191 e. The van der Waals surface area contributed by atoms with Crippen LogP contribution in [0.2, 0.25) is 0 Å². The van der Waals surface area contributed by atoms with Crippen LogP contribution in [0.25, 0.3) is 0 Å². The van der Waals surface area contributed by atoms with Gasteiger partial charge in [-0.05, 0) is 37.6 Å². The van der Waals surface area contributed by atoms with Gasteiger partial charge in [-0.3, -0.25) is 4.99 Å². The van der Waals surface area contributed by atoms with Gasteiger partial charge in [0, 0.05) is 46.1 Å². The second kappa shape index (κ2) is 10.0. The van der Waals surface area contributed by atoms with E-state index in [0.717, 1.165) is 25.6 Å². The predicted molar refractivity (Wildman–Crippen MR) is 99.3 cm³/mol. The van der Waals surface area contributed by atoms with Crippen LogP contribution < -0.4 is 10.6 Å². The molecule has 5 nitrogen and oxygen atoms in total. The first-order valence-electron chi connectivity index (χ1n) is 7.55. The number of nitrogens with zero attached hydrogens (tertiary/aromatic N) is 3. The minimum Gasteiger partial charge on any atom is -0.357 e. The quantitative estimate of drug-likeness (QED) is 0.446. The molecule has 0 unspecified atom stereocenters. The summed E-state index contributed by atoms with van der Waals surface area (Å²) < 4.78 is 2.06. The van der Waals surface area contributed by atoms with Crippen LogP contribution >= 0.6 is 24.0 Å². The molecule has 0 aliphatic carbocycles. The summed E-state index contributed by atoms with van der Waals surface area (Å²) in [4.78, 5) is 6.79. The van der Waals surface area contributed by atoms with E-state index < -0.39 is 0 Å². The van der Waals surface area contributed by atoms with Gasteiger partial charge < -0.3 is 20.1 Å². The summed E-state index contributed by atoms with van der Waals surface area (Å²) in [6.07, 6.45) is 8.27. The van der Waals surface area contributed by atoms with Gasteiger partial charge >= 0.3 is 0 Å². The number of rotatable bonds is 5. The maximum atomic E-state index is 4.26. The highest BCUT2D eigenvalue weighted by molar-refractivity contribution is 14.0. The van der Waals surface area contributed by atoms with Gasteiger partial charge in [0.2, 0.25) is 0 Å². The van der Waals surface area contributed by atoms with Crippen LogP contribution in [0, 0.1) is 0 Å². The number of aryl methyl sites for hydroxylation is 1. The Morgan fingerprint density at radius 2 is 2.00 bits per heavy atom. The van der Waals surface area contributed by atoms with Crippen molar-refractivity contribution in [1.29, 1.82) is 0 Å². The molecule has 1 aromatic rings. The molecule has 2 heterocycles. The van der Waals surface area contributed by atoms with Crippen LogP contribution in [0.5, 0.6) is 0 Å². The topological polar surface area (TPSA) is 44.6 Å². The van der Waals surface area contributed by atoms with Gasteiger partial charge in [-0.2, -0.15) is 0 Å². The van der Waals surface area contributed by atoms with Crippen molar-refractivity contribution < 1.29 is 0 Å². The number of guanidine groups is 1. The highest BCUT2D eigenvalue weighted by atomic mass is 127. The Morgan fingerprint density at radius 1 is 1.24 bits per heavy atom. The van der Waals surface area contributed by atoms with Gasteiger partial charge in [0.05, 0.1) is 0 Å². The zero-order chi connectivity index (χ0) is 14.2. The fraction of sp³-hybridized carbons (Fsp3) is 0.667. The van der Waals surface area contributed by atoms with Crippen LogP contribution in [0.4, 0.5) is 0 Å². The van der Waals surface area contributed by atoms with Gasteiger partial charge in [-0.1, -0.05) is 6.42 Å². The van der Waals surface area contributed by atoms with Gasteiger partial charge in [-0.25, -0.2) is 0 Å². The SMILES string of the molecule is CN=C(NCCN1CCCCC1)NCc1ccn(C)c1.I. The normalized spacial score (nSPS) is 16.4. The molecule has 1 aliphatic heterocycles. The molecular weight excluding hydrogens is 377 g/mol. The molecule has 1 aromatic heterocycles. The molecule has 6 heteroatoms. The van der Waals surface area contributed by atoms with Crippen molar-refractivity contribution in [3.05, 3.63) is 24.0 Å². The Morgan fingerprint density at radius 3 is 2.62 bits per heavy atom. The van der Waals surface area contributed by atoms with Crippen molar-refractivity contribution in [3.63, 3.8) is 0 Å². The van der Waals surface area contributed by atoms with Gasteiger partial charge in [-0.15, -0.1) is 24.0 Å². The van der Waals surface area contributed by atoms with Gasteiger partial charge in [0.25, 0.3) is 0 Å². The zero-order valence-electron chi connectivity index (χ0n) is 13.1. The standard InChI is InChI=1S/C15H27N5.HI/c1-16-15(18-12-14-6-10-19(2)13-14)17-7-11-20-8-4-3-5-9-20;/h6,10,13H,3-5,7-9,11-12H2,1-2H3,(H2,16,17,18);1H. The molecule has 0 saturated carbocycles. The largest absolute Gasteiger partial charge is 0.357 e. The van der Waals surface area contributed by atoms with Crippen LogP contribution in [0.3, 0.4) is 0 Å². The number of likely N-dealkylation sites (tertiary alicyclic amines) is 1. The fourth-order valence-electron chi connectivity index (χ4n) is 2.59. The summed E-state index contributed by atoms with van der Waals surface area (Å²) in [7, 11) is 3.86. The Hall–Kier alpha value is -0.760. The third-order valence-electron chi connectivity index (χ3n) is 3.75. The highest BCUT2D eigenvalue weighted by Gasteiger charge is 2.09. The molecule has 1 aliphatic rings. The third kappa shape index (κ3) is 6.69. The fourth-order valence-corrected chi connectivity index (χ4v) is 2.59. The molecule has 2 rings (SSSR count). The molecule has 0 radical (unpaired) electrons. The summed E-state index contributed by atoms with van der Waals surface area (Å²) in [5.41, 5.74) is 1.27. The Bertz CT molecular complexity index is 423. The molecule has 0 bridgehead atoms. The first kappa shape index (κ1) is 18.3. The van der Waals surface area contributed by atoms with Crippen molar-refractivity contribution in [2.24, 2.45) is 12.0 Å². The molecule has 0 amide bonds. The minimum atomic E-state index is 0. The highest BCUT2D eigenvalue weighted by Crippen LogP contribution is 2.07. The molecule has 0 aromatic carbocycles. The molecule has 21 heavy (non-hydrogen) atoms. The van der Waals surface area contributed by atoms with E-state index in [1.54, 1.807) is 0 Å². The maximum Gasteiger partial charge on any atom is 0.191 e. The van der Waals surface area contributed by atoms with Crippen molar-refractivity contribution in [2.45, 2.75) is 25.8 Å². The van der Waals surface area contributed by atoms with E-state index in [4.69, 9.17) is 0 Å². The summed E-state index contributed by atoms with van der Waals surface area (Å²) in [5, 5.41) is 6.73. The predicted octanol–water partition coefficient (Wildman–Crippen LogP) is 1.79. The van der Waals surface area contributed by atoms with Crippen LogP contribution in [0.1, 0.15) is 24.8 Å². The number of hydrogen-bond donors (Lipinski definition) is 2. The molecule has 120 valence electrons. The molecule has 1 fully saturated rings.